The summed E-state index contributed by atoms with van der Waals surface area (Å²) < 4.78 is 28.6. The fourth-order valence-electron chi connectivity index (χ4n) is 1.86. The molecule has 1 aliphatic heterocycles. The maximum atomic E-state index is 12.2. The number of hydrogen-bond acceptors (Lipinski definition) is 2. The quantitative estimate of drug-likeness (QED) is 0.806. The molecule has 1 fully saturated rings. The largest absolute Gasteiger partial charge is 0.280 e. The van der Waals surface area contributed by atoms with Crippen molar-refractivity contribution in [2.75, 3.05) is 11.9 Å². The van der Waals surface area contributed by atoms with E-state index in [0.717, 1.165) is 19.3 Å². The molecule has 0 bridgehead atoms. The van der Waals surface area contributed by atoms with E-state index in [1.807, 2.05) is 20.8 Å². The number of rotatable bonds is 4. The minimum Gasteiger partial charge on any atom is -0.196 e. The summed E-state index contributed by atoms with van der Waals surface area (Å²) >= 11 is 3.32. The van der Waals surface area contributed by atoms with Gasteiger partial charge in [0.25, 0.3) is 10.2 Å². The summed E-state index contributed by atoms with van der Waals surface area (Å²) in [6, 6.07) is 0.109. The van der Waals surface area contributed by atoms with Crippen molar-refractivity contribution in [3.63, 3.8) is 0 Å². The van der Waals surface area contributed by atoms with Gasteiger partial charge in [-0.05, 0) is 33.6 Å². The SMILES string of the molecule is CC1CCCCN1S(=O)(=O)NC(C)(C)CBr. The first kappa shape index (κ1) is 14.4. The van der Waals surface area contributed by atoms with E-state index in [1.54, 1.807) is 4.31 Å². The van der Waals surface area contributed by atoms with Crippen LogP contribution < -0.4 is 4.72 Å². The summed E-state index contributed by atoms with van der Waals surface area (Å²) in [7, 11) is -3.35. The van der Waals surface area contributed by atoms with E-state index in [4.69, 9.17) is 0 Å². The molecule has 1 atom stereocenters. The van der Waals surface area contributed by atoms with Crippen molar-refractivity contribution in [3.05, 3.63) is 0 Å². The van der Waals surface area contributed by atoms with Crippen molar-refractivity contribution in [2.45, 2.75) is 51.6 Å². The van der Waals surface area contributed by atoms with Crippen LogP contribution in [0.2, 0.25) is 0 Å². The van der Waals surface area contributed by atoms with Crippen LogP contribution in [0.3, 0.4) is 0 Å². The van der Waals surface area contributed by atoms with Crippen LogP contribution in [0, 0.1) is 0 Å². The fourth-order valence-corrected chi connectivity index (χ4v) is 4.03. The molecule has 0 aliphatic carbocycles. The number of nitrogens with one attached hydrogen (secondary N) is 1. The summed E-state index contributed by atoms with van der Waals surface area (Å²) in [5.74, 6) is 0. The highest BCUT2D eigenvalue weighted by molar-refractivity contribution is 9.09. The third kappa shape index (κ3) is 3.68. The number of alkyl halides is 1. The summed E-state index contributed by atoms with van der Waals surface area (Å²) in [6.45, 7) is 6.34. The van der Waals surface area contributed by atoms with Gasteiger partial charge in [0.05, 0.1) is 0 Å². The Kier molecular flexibility index (Phi) is 4.80. The van der Waals surface area contributed by atoms with Gasteiger partial charge in [-0.1, -0.05) is 22.4 Å². The first-order valence-corrected chi connectivity index (χ1v) is 8.21. The van der Waals surface area contributed by atoms with E-state index in [1.165, 1.54) is 0 Å². The van der Waals surface area contributed by atoms with E-state index in [0.29, 0.717) is 11.9 Å². The Morgan fingerprint density at radius 2 is 2.06 bits per heavy atom. The van der Waals surface area contributed by atoms with Crippen molar-refractivity contribution in [1.82, 2.24) is 9.03 Å². The molecule has 0 aromatic rings. The summed E-state index contributed by atoms with van der Waals surface area (Å²) in [5, 5.41) is 0.599. The number of piperidine rings is 1. The maximum Gasteiger partial charge on any atom is 0.280 e. The summed E-state index contributed by atoms with van der Waals surface area (Å²) in [5.41, 5.74) is -0.448. The zero-order valence-corrected chi connectivity index (χ0v) is 12.6. The average Bonchev–Trinajstić information content (AvgIpc) is 2.16. The lowest BCUT2D eigenvalue weighted by atomic mass is 10.1. The fraction of sp³-hybridized carbons (Fsp3) is 1.00. The van der Waals surface area contributed by atoms with E-state index in [9.17, 15) is 8.42 Å². The lowest BCUT2D eigenvalue weighted by molar-refractivity contribution is 0.261. The van der Waals surface area contributed by atoms with Gasteiger partial charge in [-0.2, -0.15) is 17.4 Å². The van der Waals surface area contributed by atoms with Gasteiger partial charge in [-0.15, -0.1) is 0 Å². The monoisotopic (exact) mass is 312 g/mol. The smallest absolute Gasteiger partial charge is 0.196 e. The van der Waals surface area contributed by atoms with Gasteiger partial charge in [0, 0.05) is 23.5 Å². The van der Waals surface area contributed by atoms with Gasteiger partial charge < -0.3 is 0 Å². The van der Waals surface area contributed by atoms with Gasteiger partial charge >= 0.3 is 0 Å². The highest BCUT2D eigenvalue weighted by Crippen LogP contribution is 2.20. The number of halogens is 1. The lowest BCUT2D eigenvalue weighted by Crippen LogP contribution is -2.54. The van der Waals surface area contributed by atoms with Crippen molar-refractivity contribution in [2.24, 2.45) is 0 Å². The Morgan fingerprint density at radius 3 is 2.56 bits per heavy atom. The molecule has 0 saturated carbocycles. The van der Waals surface area contributed by atoms with Crippen LogP contribution in [0.25, 0.3) is 0 Å². The molecule has 1 aliphatic rings. The second kappa shape index (κ2) is 5.33. The second-order valence-electron chi connectivity index (χ2n) is 5.08. The van der Waals surface area contributed by atoms with E-state index < -0.39 is 15.7 Å². The molecular weight excluding hydrogens is 292 g/mol. The third-order valence-electron chi connectivity index (χ3n) is 2.79. The molecular formula is C10H21BrN2O2S. The third-order valence-corrected chi connectivity index (χ3v) is 6.16. The molecule has 1 N–H and O–H groups in total. The Labute approximate surface area is 107 Å². The van der Waals surface area contributed by atoms with Crippen LogP contribution >= 0.6 is 15.9 Å². The molecule has 0 aromatic heterocycles. The minimum absolute atomic E-state index is 0.109. The van der Waals surface area contributed by atoms with Crippen LogP contribution in [0.1, 0.15) is 40.0 Å². The van der Waals surface area contributed by atoms with Gasteiger partial charge in [0.1, 0.15) is 0 Å². The normalized spacial score (nSPS) is 24.6. The van der Waals surface area contributed by atoms with E-state index in [2.05, 4.69) is 20.7 Å². The van der Waals surface area contributed by atoms with Crippen molar-refractivity contribution >= 4 is 26.1 Å². The molecule has 1 rings (SSSR count). The van der Waals surface area contributed by atoms with Crippen molar-refractivity contribution in [3.8, 4) is 0 Å². The van der Waals surface area contributed by atoms with E-state index >= 15 is 0 Å². The Balaban J connectivity index is 2.77. The molecule has 0 radical (unpaired) electrons. The van der Waals surface area contributed by atoms with E-state index in [-0.39, 0.29) is 6.04 Å². The van der Waals surface area contributed by atoms with Crippen LogP contribution in [0.15, 0.2) is 0 Å². The molecule has 1 heterocycles. The first-order valence-electron chi connectivity index (χ1n) is 5.65. The van der Waals surface area contributed by atoms with Crippen LogP contribution in [-0.4, -0.2) is 36.2 Å². The van der Waals surface area contributed by atoms with Crippen molar-refractivity contribution in [1.29, 1.82) is 0 Å². The van der Waals surface area contributed by atoms with Gasteiger partial charge in [-0.25, -0.2) is 0 Å². The molecule has 96 valence electrons. The number of hydrogen-bond donors (Lipinski definition) is 1. The zero-order chi connectivity index (χ0) is 12.4. The predicted octanol–water partition coefficient (Wildman–Crippen LogP) is 1.87. The minimum atomic E-state index is -3.35. The molecule has 16 heavy (non-hydrogen) atoms. The van der Waals surface area contributed by atoms with Gasteiger partial charge in [-0.3, -0.25) is 0 Å². The molecule has 0 aromatic carbocycles. The Bertz CT molecular complexity index is 330. The predicted molar refractivity (Wildman–Crippen MR) is 69.9 cm³/mol. The summed E-state index contributed by atoms with van der Waals surface area (Å²) in [4.78, 5) is 0. The Morgan fingerprint density at radius 1 is 1.44 bits per heavy atom. The van der Waals surface area contributed by atoms with Crippen LogP contribution in [0.4, 0.5) is 0 Å². The lowest BCUT2D eigenvalue weighted by Gasteiger charge is -2.35. The maximum absolute atomic E-state index is 12.2. The second-order valence-corrected chi connectivity index (χ2v) is 7.26. The van der Waals surface area contributed by atoms with Crippen LogP contribution in [-0.2, 0) is 10.2 Å². The highest BCUT2D eigenvalue weighted by Gasteiger charge is 2.33. The number of nitrogens with zero attached hydrogens (tertiary/aromatic N) is 1. The molecule has 0 amide bonds. The zero-order valence-electron chi connectivity index (χ0n) is 10.2. The molecule has 0 spiro atoms. The highest BCUT2D eigenvalue weighted by atomic mass is 79.9. The average molecular weight is 313 g/mol. The molecule has 1 unspecified atom stereocenters. The Hall–Kier alpha value is 0.350. The van der Waals surface area contributed by atoms with Gasteiger partial charge in [0.15, 0.2) is 0 Å². The first-order chi connectivity index (χ1) is 7.28. The molecule has 6 heteroatoms. The standard InChI is InChI=1S/C10H21BrN2O2S/c1-9-6-4-5-7-13(9)16(14,15)12-10(2,3)8-11/h9,12H,4-8H2,1-3H3. The van der Waals surface area contributed by atoms with Crippen LogP contribution in [0.5, 0.6) is 0 Å². The topological polar surface area (TPSA) is 49.4 Å². The molecule has 1 saturated heterocycles. The van der Waals surface area contributed by atoms with Gasteiger partial charge in [0.2, 0.25) is 0 Å². The summed E-state index contributed by atoms with van der Waals surface area (Å²) in [6.07, 6.45) is 3.03. The molecule has 4 nitrogen and oxygen atoms in total. The van der Waals surface area contributed by atoms with Crippen molar-refractivity contribution < 1.29 is 8.42 Å².